The molecule has 5 nitrogen and oxygen atoms in total. The third kappa shape index (κ3) is 6.43. The first-order valence-electron chi connectivity index (χ1n) is 12.7. The Balaban J connectivity index is 1.81. The second-order valence-electron chi connectivity index (χ2n) is 11.8. The van der Waals surface area contributed by atoms with Crippen molar-refractivity contribution in [3.63, 3.8) is 0 Å². The van der Waals surface area contributed by atoms with Crippen molar-refractivity contribution in [1.29, 1.82) is 0 Å². The summed E-state index contributed by atoms with van der Waals surface area (Å²) in [4.78, 5) is 18.3. The molecule has 0 atom stereocenters. The molecular weight excluding hydrogens is 432 g/mol. The van der Waals surface area contributed by atoms with E-state index in [0.29, 0.717) is 22.7 Å². The number of amides is 1. The first kappa shape index (κ1) is 26.3. The molecule has 3 rings (SSSR count). The van der Waals surface area contributed by atoms with Gasteiger partial charge in [-0.15, -0.1) is 0 Å². The molecule has 1 aliphatic carbocycles. The summed E-state index contributed by atoms with van der Waals surface area (Å²) in [6, 6.07) is 5.18. The van der Waals surface area contributed by atoms with Gasteiger partial charge in [0.25, 0.3) is 5.91 Å². The van der Waals surface area contributed by atoms with E-state index >= 15 is 0 Å². The summed E-state index contributed by atoms with van der Waals surface area (Å²) in [6.07, 6.45) is 6.58. The molecule has 1 aromatic carbocycles. The van der Waals surface area contributed by atoms with Gasteiger partial charge in [0.1, 0.15) is 0 Å². The molecule has 33 heavy (non-hydrogen) atoms. The summed E-state index contributed by atoms with van der Waals surface area (Å²) in [5.74, 6) is -0.0119. The zero-order valence-corrected chi connectivity index (χ0v) is 22.8. The van der Waals surface area contributed by atoms with Gasteiger partial charge in [0.15, 0.2) is 0 Å². The Hall–Kier alpha value is -1.30. The van der Waals surface area contributed by atoms with E-state index in [-0.39, 0.29) is 23.0 Å². The predicted molar refractivity (Wildman–Crippen MR) is 141 cm³/mol. The Kier molecular flexibility index (Phi) is 8.08. The minimum Gasteiger partial charge on any atom is -0.369 e. The summed E-state index contributed by atoms with van der Waals surface area (Å²) in [5, 5.41) is 7.66. The molecule has 1 heterocycles. The van der Waals surface area contributed by atoms with Gasteiger partial charge in [-0.25, -0.2) is 0 Å². The number of anilines is 1. The minimum absolute atomic E-state index is 0.0119. The van der Waals surface area contributed by atoms with Crippen LogP contribution in [-0.2, 0) is 0 Å². The molecule has 6 heteroatoms. The molecule has 1 amide bonds. The molecule has 0 spiro atoms. The lowest BCUT2D eigenvalue weighted by Crippen LogP contribution is -2.62. The van der Waals surface area contributed by atoms with E-state index in [2.05, 4.69) is 76.1 Å². The molecule has 1 saturated heterocycles. The number of nitrogens with one attached hydrogen (secondary N) is 2. The van der Waals surface area contributed by atoms with Gasteiger partial charge in [0.2, 0.25) is 0 Å². The number of benzene rings is 1. The smallest absolute Gasteiger partial charge is 0.251 e. The monoisotopic (exact) mass is 476 g/mol. The minimum atomic E-state index is -0.0152. The molecule has 1 aromatic rings. The van der Waals surface area contributed by atoms with Crippen molar-refractivity contribution < 1.29 is 4.79 Å². The normalized spacial score (nSPS) is 25.2. The molecule has 2 fully saturated rings. The Morgan fingerprint density at radius 3 is 2.12 bits per heavy atom. The Morgan fingerprint density at radius 2 is 1.61 bits per heavy atom. The average Bonchev–Trinajstić information content (AvgIpc) is 2.68. The van der Waals surface area contributed by atoms with Crippen molar-refractivity contribution >= 4 is 23.2 Å². The van der Waals surface area contributed by atoms with Crippen LogP contribution >= 0.6 is 11.6 Å². The molecule has 2 N–H and O–H groups in total. The Labute approximate surface area is 206 Å². The topological polar surface area (TPSA) is 47.6 Å². The van der Waals surface area contributed by atoms with Crippen LogP contribution in [0.15, 0.2) is 12.1 Å². The number of halogens is 1. The van der Waals surface area contributed by atoms with E-state index in [1.54, 1.807) is 0 Å². The van der Waals surface area contributed by atoms with Crippen molar-refractivity contribution in [2.75, 3.05) is 25.5 Å². The molecule has 1 aliphatic heterocycles. The number of piperidine rings is 1. The highest BCUT2D eigenvalue weighted by Gasteiger charge is 2.38. The van der Waals surface area contributed by atoms with Crippen LogP contribution in [0.5, 0.6) is 0 Å². The Morgan fingerprint density at radius 1 is 1.06 bits per heavy atom. The zero-order chi connectivity index (χ0) is 24.6. The number of hydrogen-bond acceptors (Lipinski definition) is 4. The van der Waals surface area contributed by atoms with E-state index in [1.165, 1.54) is 25.7 Å². The fraction of sp³-hybridized carbons (Fsp3) is 0.741. The summed E-state index contributed by atoms with van der Waals surface area (Å²) in [5.41, 5.74) is 2.81. The van der Waals surface area contributed by atoms with Crippen LogP contribution in [0.3, 0.4) is 0 Å². The first-order valence-corrected chi connectivity index (χ1v) is 13.0. The summed E-state index contributed by atoms with van der Waals surface area (Å²) >= 11 is 6.58. The van der Waals surface area contributed by atoms with Gasteiger partial charge in [0, 0.05) is 52.0 Å². The number of carbonyl (C=O) groups excluding carboxylic acids is 1. The van der Waals surface area contributed by atoms with Gasteiger partial charge in [-0.1, -0.05) is 11.6 Å². The lowest BCUT2D eigenvalue weighted by molar-refractivity contribution is 0.0872. The number of rotatable bonds is 6. The molecule has 2 aliphatic rings. The van der Waals surface area contributed by atoms with Gasteiger partial charge in [0.05, 0.1) is 0 Å². The van der Waals surface area contributed by atoms with Crippen molar-refractivity contribution in [3.05, 3.63) is 28.3 Å². The highest BCUT2D eigenvalue weighted by atomic mass is 35.5. The fourth-order valence-electron chi connectivity index (χ4n) is 6.40. The molecule has 0 bridgehead atoms. The summed E-state index contributed by atoms with van der Waals surface area (Å²) in [6.45, 7) is 14.0. The molecule has 0 aromatic heterocycles. The number of carbonyl (C=O) groups is 1. The molecule has 0 radical (unpaired) electrons. The maximum Gasteiger partial charge on any atom is 0.251 e. The highest BCUT2D eigenvalue weighted by Crippen LogP contribution is 2.35. The lowest BCUT2D eigenvalue weighted by atomic mass is 9.79. The van der Waals surface area contributed by atoms with Crippen LogP contribution in [0.2, 0.25) is 5.02 Å². The van der Waals surface area contributed by atoms with Crippen molar-refractivity contribution in [2.45, 2.75) is 109 Å². The summed E-state index contributed by atoms with van der Waals surface area (Å²) in [7, 11) is 4.36. The van der Waals surface area contributed by atoms with Crippen molar-refractivity contribution in [1.82, 2.24) is 15.5 Å². The van der Waals surface area contributed by atoms with Crippen molar-refractivity contribution in [3.8, 4) is 0 Å². The average molecular weight is 477 g/mol. The van der Waals surface area contributed by atoms with E-state index in [1.807, 2.05) is 12.1 Å². The number of nitrogens with zero attached hydrogens (tertiary/aromatic N) is 2. The van der Waals surface area contributed by atoms with Crippen LogP contribution in [0.25, 0.3) is 0 Å². The van der Waals surface area contributed by atoms with Gasteiger partial charge in [-0.3, -0.25) is 4.79 Å². The maximum absolute atomic E-state index is 13.5. The quantitative estimate of drug-likeness (QED) is 0.578. The van der Waals surface area contributed by atoms with E-state index in [4.69, 9.17) is 11.6 Å². The van der Waals surface area contributed by atoms with E-state index in [0.717, 1.165) is 30.6 Å². The third-order valence-corrected chi connectivity index (χ3v) is 7.82. The Bertz CT molecular complexity index is 827. The van der Waals surface area contributed by atoms with Gasteiger partial charge in [-0.05, 0) is 112 Å². The van der Waals surface area contributed by atoms with E-state index < -0.39 is 0 Å². The van der Waals surface area contributed by atoms with Crippen LogP contribution in [0.4, 0.5) is 5.69 Å². The predicted octanol–water partition coefficient (Wildman–Crippen LogP) is 5.39. The summed E-state index contributed by atoms with van der Waals surface area (Å²) < 4.78 is 0. The fourth-order valence-corrected chi connectivity index (χ4v) is 6.61. The van der Waals surface area contributed by atoms with Crippen LogP contribution < -0.4 is 15.5 Å². The maximum atomic E-state index is 13.5. The molecule has 1 saturated carbocycles. The first-order chi connectivity index (χ1) is 15.3. The van der Waals surface area contributed by atoms with Gasteiger partial charge < -0.3 is 20.4 Å². The molecular formula is C27H45ClN4O. The largest absolute Gasteiger partial charge is 0.369 e. The van der Waals surface area contributed by atoms with Gasteiger partial charge >= 0.3 is 0 Å². The molecule has 186 valence electrons. The lowest BCUT2D eigenvalue weighted by Gasteiger charge is -2.46. The number of hydrogen-bond donors (Lipinski definition) is 2. The zero-order valence-electron chi connectivity index (χ0n) is 22.0. The van der Waals surface area contributed by atoms with Crippen LogP contribution in [-0.4, -0.2) is 60.7 Å². The second kappa shape index (κ2) is 10.1. The molecule has 0 unspecified atom stereocenters. The van der Waals surface area contributed by atoms with Crippen LogP contribution in [0.1, 0.15) is 89.1 Å². The highest BCUT2D eigenvalue weighted by molar-refractivity contribution is 6.31. The van der Waals surface area contributed by atoms with Crippen LogP contribution in [0, 0.1) is 6.92 Å². The standard InChI is InChI=1S/C27H45ClN4O/c1-9-32(22-12-10-21(11-13-22)31(7)8)24-15-19(28)14-23(18(24)2)25(33)29-20-16-26(3,4)30-27(5,6)17-20/h14-15,20-22,30H,9-13,16-17H2,1-8H3,(H,29,33)/t21-,22-. The SMILES string of the molecule is CCN(c1cc(Cl)cc(C(=O)NC2CC(C)(C)NC(C)(C)C2)c1C)[C@H]1CC[C@H](N(C)C)CC1. The second-order valence-corrected chi connectivity index (χ2v) is 12.2. The van der Waals surface area contributed by atoms with Gasteiger partial charge in [-0.2, -0.15) is 0 Å². The van der Waals surface area contributed by atoms with Crippen molar-refractivity contribution in [2.24, 2.45) is 0 Å². The third-order valence-electron chi connectivity index (χ3n) is 7.60. The van der Waals surface area contributed by atoms with E-state index in [9.17, 15) is 4.79 Å².